The lowest BCUT2D eigenvalue weighted by Gasteiger charge is -2.29. The van der Waals surface area contributed by atoms with E-state index in [4.69, 9.17) is 33.4 Å². The lowest BCUT2D eigenvalue weighted by atomic mass is 9.98. The molecule has 0 spiro atoms. The number of hydrogen-bond donors (Lipinski definition) is 2. The van der Waals surface area contributed by atoms with Crippen LogP contribution in [0.1, 0.15) is 19.8 Å². The minimum absolute atomic E-state index is 0.0413. The van der Waals surface area contributed by atoms with Gasteiger partial charge in [-0.05, 0) is 19.8 Å². The van der Waals surface area contributed by atoms with Gasteiger partial charge in [-0.15, -0.1) is 23.2 Å². The van der Waals surface area contributed by atoms with Gasteiger partial charge in [0.2, 0.25) is 0 Å². The maximum absolute atomic E-state index is 9.10. The Morgan fingerprint density at radius 3 is 2.13 bits per heavy atom. The van der Waals surface area contributed by atoms with E-state index in [1.807, 2.05) is 0 Å². The summed E-state index contributed by atoms with van der Waals surface area (Å²) in [4.78, 5) is -1.38. The summed E-state index contributed by atoms with van der Waals surface area (Å²) in [6, 6.07) is 0. The Balaban J connectivity index is 4.15. The van der Waals surface area contributed by atoms with Crippen LogP contribution < -0.4 is 0 Å². The highest BCUT2D eigenvalue weighted by atomic mass is 79.9. The molecule has 15 heavy (non-hydrogen) atoms. The van der Waals surface area contributed by atoms with E-state index in [1.165, 1.54) is 0 Å². The number of hydrogen-bond acceptors (Lipinski definition) is 2. The van der Waals surface area contributed by atoms with Crippen LogP contribution >= 0.6 is 55.1 Å². The highest BCUT2D eigenvalue weighted by molar-refractivity contribution is 9.09. The van der Waals surface area contributed by atoms with Crippen LogP contribution in [-0.4, -0.2) is 43.3 Å². The highest BCUT2D eigenvalue weighted by Gasteiger charge is 2.33. The lowest BCUT2D eigenvalue weighted by molar-refractivity contribution is 0.232. The minimum atomic E-state index is -0.695. The Morgan fingerprint density at radius 2 is 1.80 bits per heavy atom. The zero-order valence-electron chi connectivity index (χ0n) is 8.52. The average molecular weight is 387 g/mol. The van der Waals surface area contributed by atoms with Crippen molar-refractivity contribution in [2.75, 3.05) is 18.5 Å². The summed E-state index contributed by atoms with van der Waals surface area (Å²) >= 11 is 18.9. The number of halogens is 4. The molecule has 0 amide bonds. The van der Waals surface area contributed by atoms with Crippen LogP contribution in [0.15, 0.2) is 0 Å². The third-order valence-corrected chi connectivity index (χ3v) is 6.28. The van der Waals surface area contributed by atoms with Gasteiger partial charge in [0, 0.05) is 10.2 Å². The fourth-order valence-corrected chi connectivity index (χ4v) is 2.02. The molecule has 2 nitrogen and oxygen atoms in total. The Morgan fingerprint density at radius 1 is 1.27 bits per heavy atom. The molecule has 0 aliphatic rings. The van der Waals surface area contributed by atoms with Gasteiger partial charge in [0.05, 0.1) is 23.0 Å². The molecule has 3 atom stereocenters. The van der Waals surface area contributed by atoms with Gasteiger partial charge in [-0.3, -0.25) is 0 Å². The van der Waals surface area contributed by atoms with Gasteiger partial charge in [0.15, 0.2) is 0 Å². The Hall–Kier alpha value is 1.46. The van der Waals surface area contributed by atoms with Crippen molar-refractivity contribution < 1.29 is 10.2 Å². The normalized spacial score (nSPS) is 21.8. The van der Waals surface area contributed by atoms with Crippen molar-refractivity contribution in [1.29, 1.82) is 0 Å². The van der Waals surface area contributed by atoms with E-state index in [0.29, 0.717) is 18.2 Å². The molecule has 0 aromatic rings. The first-order chi connectivity index (χ1) is 6.81. The summed E-state index contributed by atoms with van der Waals surface area (Å²) in [7, 11) is 0. The van der Waals surface area contributed by atoms with Gasteiger partial charge in [0.1, 0.15) is 0 Å². The van der Waals surface area contributed by atoms with Gasteiger partial charge in [-0.25, -0.2) is 0 Å². The molecule has 0 aromatic heterocycles. The van der Waals surface area contributed by atoms with Gasteiger partial charge < -0.3 is 10.2 Å². The van der Waals surface area contributed by atoms with Crippen LogP contribution in [0.3, 0.4) is 0 Å². The molecule has 0 saturated carbocycles. The topological polar surface area (TPSA) is 40.5 Å². The van der Waals surface area contributed by atoms with Crippen molar-refractivity contribution >= 4 is 55.1 Å². The summed E-state index contributed by atoms with van der Waals surface area (Å²) < 4.78 is 0. The number of aliphatic hydroxyl groups excluding tert-OH is 2. The summed E-state index contributed by atoms with van der Waals surface area (Å²) in [6.07, 6.45) is 1.31. The summed E-state index contributed by atoms with van der Waals surface area (Å²) in [5.74, 6) is 0. The monoisotopic (exact) mass is 384 g/mol. The van der Waals surface area contributed by atoms with Crippen LogP contribution in [0.25, 0.3) is 0 Å². The predicted molar refractivity (Wildman–Crippen MR) is 72.8 cm³/mol. The second-order valence-corrected chi connectivity index (χ2v) is 7.22. The Labute approximate surface area is 118 Å². The Bertz CT molecular complexity index is 187. The van der Waals surface area contributed by atoms with Gasteiger partial charge in [-0.2, -0.15) is 0 Å². The van der Waals surface area contributed by atoms with Crippen molar-refractivity contribution in [3.63, 3.8) is 0 Å². The van der Waals surface area contributed by atoms with E-state index in [9.17, 15) is 0 Å². The third-order valence-electron chi connectivity index (χ3n) is 2.33. The molecule has 0 unspecified atom stereocenters. The first kappa shape index (κ1) is 16.5. The quantitative estimate of drug-likeness (QED) is 0.660. The molecule has 0 heterocycles. The third kappa shape index (κ3) is 5.55. The Kier molecular flexibility index (Phi) is 7.70. The van der Waals surface area contributed by atoms with Crippen molar-refractivity contribution in [1.82, 2.24) is 0 Å². The molecule has 0 saturated heterocycles. The van der Waals surface area contributed by atoms with E-state index >= 15 is 0 Å². The summed E-state index contributed by atoms with van der Waals surface area (Å²) in [5.41, 5.74) is 0. The predicted octanol–water partition coefficient (Wildman–Crippen LogP) is 2.88. The largest absolute Gasteiger partial charge is 0.395 e. The van der Waals surface area contributed by atoms with Crippen LogP contribution in [0, 0.1) is 0 Å². The minimum Gasteiger partial charge on any atom is -0.395 e. The first-order valence-corrected chi connectivity index (χ1v) is 7.40. The van der Waals surface area contributed by atoms with Crippen LogP contribution in [0.4, 0.5) is 0 Å². The van der Waals surface area contributed by atoms with Crippen LogP contribution in [0.2, 0.25) is 0 Å². The molecule has 0 fully saturated rings. The molecule has 2 N–H and O–H groups in total. The molecule has 0 bridgehead atoms. The standard InChI is InChI=1S/C9H16Br2Cl2O2/c1-8(12,5-14)7(11)2-3-9(13,4-10)6-15/h7,14-15H,2-6H2,1H3/t7-,8+,9-/m1/s1. The number of rotatable bonds is 7. The fourth-order valence-electron chi connectivity index (χ4n) is 0.974. The zero-order chi connectivity index (χ0) is 12.1. The molecule has 6 heteroatoms. The lowest BCUT2D eigenvalue weighted by Crippen LogP contribution is -2.36. The van der Waals surface area contributed by atoms with Crippen molar-refractivity contribution in [2.45, 2.75) is 34.3 Å². The second-order valence-electron chi connectivity index (χ2n) is 3.89. The molecule has 0 aliphatic carbocycles. The fraction of sp³-hybridized carbons (Fsp3) is 1.00. The van der Waals surface area contributed by atoms with Crippen molar-refractivity contribution in [3.05, 3.63) is 0 Å². The smallest absolute Gasteiger partial charge is 0.0773 e. The van der Waals surface area contributed by atoms with Crippen molar-refractivity contribution in [3.8, 4) is 0 Å². The average Bonchev–Trinajstić information content (AvgIpc) is 2.25. The molecule has 0 aliphatic heterocycles. The second kappa shape index (κ2) is 7.02. The van der Waals surface area contributed by atoms with E-state index in [2.05, 4.69) is 31.9 Å². The van der Waals surface area contributed by atoms with E-state index in [1.54, 1.807) is 6.92 Å². The van der Waals surface area contributed by atoms with E-state index in [-0.39, 0.29) is 18.0 Å². The van der Waals surface area contributed by atoms with Gasteiger partial charge in [-0.1, -0.05) is 31.9 Å². The number of alkyl halides is 4. The van der Waals surface area contributed by atoms with Crippen molar-refractivity contribution in [2.24, 2.45) is 0 Å². The van der Waals surface area contributed by atoms with E-state index in [0.717, 1.165) is 0 Å². The maximum atomic E-state index is 9.10. The van der Waals surface area contributed by atoms with Gasteiger partial charge >= 0.3 is 0 Å². The molecule has 0 radical (unpaired) electrons. The zero-order valence-corrected chi connectivity index (χ0v) is 13.2. The number of aliphatic hydroxyl groups is 2. The highest BCUT2D eigenvalue weighted by Crippen LogP contribution is 2.33. The summed E-state index contributed by atoms with van der Waals surface area (Å²) in [6.45, 7) is 1.57. The SMILES string of the molecule is C[C@](Cl)(CO)[C@H](Br)CC[C@](Cl)(CO)CBr. The molecular weight excluding hydrogens is 371 g/mol. The maximum Gasteiger partial charge on any atom is 0.0773 e. The molecule has 0 aromatic carbocycles. The molecular formula is C9H16Br2Cl2O2. The summed E-state index contributed by atoms with van der Waals surface area (Å²) in [5, 5.41) is 18.7. The van der Waals surface area contributed by atoms with Crippen LogP contribution in [-0.2, 0) is 0 Å². The first-order valence-electron chi connectivity index (χ1n) is 4.61. The molecule has 92 valence electrons. The van der Waals surface area contributed by atoms with Crippen LogP contribution in [0.5, 0.6) is 0 Å². The van der Waals surface area contributed by atoms with Gasteiger partial charge in [0.25, 0.3) is 0 Å². The van der Waals surface area contributed by atoms with E-state index < -0.39 is 9.75 Å². The molecule has 0 rings (SSSR count).